The molecule has 6 heteroatoms. The van der Waals surface area contributed by atoms with Crippen molar-refractivity contribution in [2.75, 3.05) is 0 Å². The van der Waals surface area contributed by atoms with Gasteiger partial charge in [-0.05, 0) is 6.07 Å². The summed E-state index contributed by atoms with van der Waals surface area (Å²) in [6.07, 6.45) is -0.243. The van der Waals surface area contributed by atoms with E-state index in [-0.39, 0.29) is 11.1 Å². The molecule has 0 saturated carbocycles. The first-order valence-electron chi connectivity index (χ1n) is 5.30. The molecule has 0 aliphatic carbocycles. The van der Waals surface area contributed by atoms with Crippen molar-refractivity contribution >= 4 is 17.9 Å². The van der Waals surface area contributed by atoms with Crippen LogP contribution in [-0.2, 0) is 14.3 Å². The molecule has 1 aromatic carbocycles. The van der Waals surface area contributed by atoms with Crippen molar-refractivity contribution in [1.82, 2.24) is 0 Å². The van der Waals surface area contributed by atoms with Gasteiger partial charge in [0.2, 0.25) is 6.29 Å². The van der Waals surface area contributed by atoms with Gasteiger partial charge in [-0.1, -0.05) is 24.8 Å². The molecule has 0 aliphatic heterocycles. The van der Waals surface area contributed by atoms with Gasteiger partial charge in [-0.25, -0.2) is 9.59 Å². The molecule has 0 spiro atoms. The minimum atomic E-state index is -1.50. The van der Waals surface area contributed by atoms with Crippen LogP contribution in [-0.4, -0.2) is 24.2 Å². The second kappa shape index (κ2) is 6.34. The number of benzene rings is 1. The highest BCUT2D eigenvalue weighted by Crippen LogP contribution is 2.11. The molecule has 0 bridgehead atoms. The Balaban J connectivity index is 2.81. The van der Waals surface area contributed by atoms with Gasteiger partial charge in [0, 0.05) is 18.6 Å². The van der Waals surface area contributed by atoms with Crippen LogP contribution in [0.1, 0.15) is 27.6 Å². The summed E-state index contributed by atoms with van der Waals surface area (Å²) in [6, 6.07) is 5.41. The predicted molar refractivity (Wildman–Crippen MR) is 61.9 cm³/mol. The first-order chi connectivity index (χ1) is 8.95. The van der Waals surface area contributed by atoms with Gasteiger partial charge in [0.25, 0.3) is 0 Å². The fourth-order valence-electron chi connectivity index (χ4n) is 1.29. The topological polar surface area (TPSA) is 92.7 Å². The van der Waals surface area contributed by atoms with Crippen LogP contribution in [0, 0.1) is 0 Å². The maximum Gasteiger partial charge on any atom is 0.341 e. The molecule has 1 rings (SSSR count). The van der Waals surface area contributed by atoms with Gasteiger partial charge in [0.15, 0.2) is 0 Å². The Morgan fingerprint density at radius 3 is 2.32 bits per heavy atom. The first-order valence-corrected chi connectivity index (χ1v) is 5.30. The van der Waals surface area contributed by atoms with E-state index in [4.69, 9.17) is 4.74 Å². The summed E-state index contributed by atoms with van der Waals surface area (Å²) in [5.74, 6) is -3.18. The van der Waals surface area contributed by atoms with Gasteiger partial charge in [0.1, 0.15) is 0 Å². The standard InChI is InChI=1S/C13H12O6/c1-3-11(14)18-8(2)19-13(17)10-7-5-4-6-9(10)12(15)16/h3-8H,1H2,2H3,(H,15,16)/p-1. The van der Waals surface area contributed by atoms with Crippen LogP contribution in [0.4, 0.5) is 0 Å². The summed E-state index contributed by atoms with van der Waals surface area (Å²) in [4.78, 5) is 33.4. The number of aromatic carboxylic acids is 1. The van der Waals surface area contributed by atoms with Crippen molar-refractivity contribution < 1.29 is 29.0 Å². The second-order valence-electron chi connectivity index (χ2n) is 3.45. The van der Waals surface area contributed by atoms with Crippen molar-refractivity contribution in [2.24, 2.45) is 0 Å². The van der Waals surface area contributed by atoms with Crippen LogP contribution in [0.2, 0.25) is 0 Å². The number of esters is 2. The molecular formula is C13H11O6-. The molecule has 0 aromatic heterocycles. The zero-order chi connectivity index (χ0) is 14.4. The number of hydrogen-bond acceptors (Lipinski definition) is 6. The predicted octanol–water partition coefficient (Wildman–Crippen LogP) is 0.282. The van der Waals surface area contributed by atoms with Gasteiger partial charge in [0.05, 0.1) is 11.5 Å². The van der Waals surface area contributed by atoms with E-state index in [0.29, 0.717) is 0 Å². The van der Waals surface area contributed by atoms with Crippen molar-refractivity contribution in [3.63, 3.8) is 0 Å². The average molecular weight is 263 g/mol. The zero-order valence-electron chi connectivity index (χ0n) is 10.1. The Labute approximate surface area is 109 Å². The van der Waals surface area contributed by atoms with Gasteiger partial charge in [-0.2, -0.15) is 0 Å². The normalized spacial score (nSPS) is 11.2. The summed E-state index contributed by atoms with van der Waals surface area (Å²) in [5.41, 5.74) is -0.473. The van der Waals surface area contributed by atoms with Gasteiger partial charge < -0.3 is 19.4 Å². The highest BCUT2D eigenvalue weighted by Gasteiger charge is 2.17. The maximum atomic E-state index is 11.7. The Hall–Kier alpha value is -2.63. The number of rotatable bonds is 5. The number of ether oxygens (including phenoxy) is 2. The molecule has 0 N–H and O–H groups in total. The van der Waals surface area contributed by atoms with E-state index in [1.54, 1.807) is 0 Å². The first kappa shape index (κ1) is 14.4. The molecule has 0 radical (unpaired) electrons. The lowest BCUT2D eigenvalue weighted by Gasteiger charge is -2.14. The Morgan fingerprint density at radius 2 is 1.79 bits per heavy atom. The van der Waals surface area contributed by atoms with E-state index in [1.807, 2.05) is 0 Å². The second-order valence-corrected chi connectivity index (χ2v) is 3.45. The van der Waals surface area contributed by atoms with E-state index >= 15 is 0 Å². The van der Waals surface area contributed by atoms with Gasteiger partial charge in [-0.3, -0.25) is 0 Å². The van der Waals surface area contributed by atoms with Crippen LogP contribution in [0.25, 0.3) is 0 Å². The molecule has 19 heavy (non-hydrogen) atoms. The number of carboxylic acids is 1. The molecule has 0 heterocycles. The molecule has 1 unspecified atom stereocenters. The van der Waals surface area contributed by atoms with Crippen LogP contribution < -0.4 is 5.11 Å². The largest absolute Gasteiger partial charge is 0.545 e. The lowest BCUT2D eigenvalue weighted by atomic mass is 10.1. The Bertz CT molecular complexity index is 520. The molecule has 1 atom stereocenters. The molecule has 0 amide bonds. The quantitative estimate of drug-likeness (QED) is 0.430. The molecule has 1 aromatic rings. The van der Waals surface area contributed by atoms with Crippen molar-refractivity contribution in [3.8, 4) is 0 Å². The molecule has 100 valence electrons. The van der Waals surface area contributed by atoms with Crippen LogP contribution in [0.15, 0.2) is 36.9 Å². The smallest absolute Gasteiger partial charge is 0.341 e. The molecule has 0 aliphatic rings. The number of carbonyl (C=O) groups excluding carboxylic acids is 3. The van der Waals surface area contributed by atoms with E-state index in [1.165, 1.54) is 31.2 Å². The van der Waals surface area contributed by atoms with Crippen LogP contribution in [0.3, 0.4) is 0 Å². The Morgan fingerprint density at radius 1 is 1.21 bits per heavy atom. The van der Waals surface area contributed by atoms with Crippen LogP contribution in [0.5, 0.6) is 0 Å². The summed E-state index contributed by atoms with van der Waals surface area (Å²) >= 11 is 0. The van der Waals surface area contributed by atoms with Crippen molar-refractivity contribution in [1.29, 1.82) is 0 Å². The fourth-order valence-corrected chi connectivity index (χ4v) is 1.29. The minimum Gasteiger partial charge on any atom is -0.545 e. The molecule has 0 fully saturated rings. The van der Waals surface area contributed by atoms with Crippen molar-refractivity contribution in [2.45, 2.75) is 13.2 Å². The highest BCUT2D eigenvalue weighted by molar-refractivity contribution is 6.01. The van der Waals surface area contributed by atoms with Crippen molar-refractivity contribution in [3.05, 3.63) is 48.0 Å². The summed E-state index contributed by atoms with van der Waals surface area (Å²) < 4.78 is 9.41. The van der Waals surface area contributed by atoms with Crippen LogP contribution >= 0.6 is 0 Å². The van der Waals surface area contributed by atoms with Gasteiger partial charge in [-0.15, -0.1) is 0 Å². The summed E-state index contributed by atoms with van der Waals surface area (Å²) in [5, 5.41) is 10.8. The molecule has 0 saturated heterocycles. The summed E-state index contributed by atoms with van der Waals surface area (Å²) in [7, 11) is 0. The highest BCUT2D eigenvalue weighted by atomic mass is 16.7. The lowest BCUT2D eigenvalue weighted by molar-refractivity contribution is -0.255. The monoisotopic (exact) mass is 263 g/mol. The average Bonchev–Trinajstić information content (AvgIpc) is 2.38. The third-order valence-electron chi connectivity index (χ3n) is 2.09. The molecule has 6 nitrogen and oxygen atoms in total. The van der Waals surface area contributed by atoms with E-state index < -0.39 is 24.2 Å². The number of carboxylic acid groups (broad SMARTS) is 1. The molecular weight excluding hydrogens is 252 g/mol. The number of carbonyl (C=O) groups is 3. The van der Waals surface area contributed by atoms with Gasteiger partial charge >= 0.3 is 11.9 Å². The maximum absolute atomic E-state index is 11.7. The lowest BCUT2D eigenvalue weighted by Crippen LogP contribution is -2.27. The number of hydrogen-bond donors (Lipinski definition) is 0. The SMILES string of the molecule is C=CC(=O)OC(C)OC(=O)c1ccccc1C(=O)[O-]. The van der Waals surface area contributed by atoms with E-state index in [9.17, 15) is 19.5 Å². The van der Waals surface area contributed by atoms with E-state index in [0.717, 1.165) is 6.08 Å². The zero-order valence-corrected chi connectivity index (χ0v) is 10.1. The summed E-state index contributed by atoms with van der Waals surface area (Å²) in [6.45, 7) is 4.51. The third kappa shape index (κ3) is 3.95. The van der Waals surface area contributed by atoms with E-state index in [2.05, 4.69) is 11.3 Å². The minimum absolute atomic E-state index is 0.177. The third-order valence-corrected chi connectivity index (χ3v) is 2.09. The fraction of sp³-hybridized carbons (Fsp3) is 0.154. The Kier molecular flexibility index (Phi) is 4.82.